The molecule has 488 valence electrons. The van der Waals surface area contributed by atoms with Crippen molar-refractivity contribution in [3.63, 3.8) is 0 Å². The lowest BCUT2D eigenvalue weighted by molar-refractivity contribution is -0.0144. The lowest BCUT2D eigenvalue weighted by atomic mass is 9.78. The van der Waals surface area contributed by atoms with Crippen molar-refractivity contribution >= 4 is 78.2 Å². The number of aryl methyl sites for hydroxylation is 4. The number of likely N-dealkylation sites (tertiary alicyclic amines) is 2. The maximum Gasteiger partial charge on any atom is 0.338 e. The average Bonchev–Trinajstić information content (AvgIpc) is 1.53. The fourth-order valence-corrected chi connectivity index (χ4v) is 17.9. The highest BCUT2D eigenvalue weighted by molar-refractivity contribution is 7.18. The molecule has 2 aliphatic heterocycles. The van der Waals surface area contributed by atoms with E-state index in [-0.39, 0.29) is 97.8 Å². The Labute approximate surface area is 558 Å². The highest BCUT2D eigenvalue weighted by Gasteiger charge is 2.61. The van der Waals surface area contributed by atoms with Crippen LogP contribution in [0.2, 0.25) is 10.0 Å². The summed E-state index contributed by atoms with van der Waals surface area (Å²) in [5, 5.41) is 24.1. The van der Waals surface area contributed by atoms with Crippen LogP contribution in [0.5, 0.6) is 11.5 Å². The average molecular weight is 1350 g/mol. The van der Waals surface area contributed by atoms with Gasteiger partial charge in [0.05, 0.1) is 56.0 Å². The molecular weight excluding hydrogens is 1280 g/mol. The van der Waals surface area contributed by atoms with Gasteiger partial charge in [-0.2, -0.15) is 0 Å². The molecule has 0 amide bonds. The summed E-state index contributed by atoms with van der Waals surface area (Å²) in [5.41, 5.74) is 7.35. The number of hydrogen-bond acceptors (Lipinski definition) is 14. The molecule has 3 aliphatic carbocycles. The summed E-state index contributed by atoms with van der Waals surface area (Å²) in [5.74, 6) is -3.37. The number of pyridine rings is 2. The second-order valence-electron chi connectivity index (χ2n) is 26.0. The maximum atomic E-state index is 15.7. The fraction of sp³-hybridized carbons (Fsp3) is 0.408. The Bertz CT molecular complexity index is 4650. The van der Waals surface area contributed by atoms with E-state index >= 15 is 18.4 Å². The van der Waals surface area contributed by atoms with Crippen molar-refractivity contribution in [2.24, 2.45) is 5.92 Å². The van der Waals surface area contributed by atoms with Gasteiger partial charge in [0.25, 0.3) is 11.1 Å². The van der Waals surface area contributed by atoms with E-state index in [4.69, 9.17) is 42.6 Å². The van der Waals surface area contributed by atoms with Crippen molar-refractivity contribution < 1.29 is 42.4 Å². The van der Waals surface area contributed by atoms with Gasteiger partial charge in [0, 0.05) is 115 Å². The second kappa shape index (κ2) is 25.6. The first-order valence-corrected chi connectivity index (χ1v) is 34.7. The van der Waals surface area contributed by atoms with E-state index in [1.807, 2.05) is 25.1 Å². The van der Waals surface area contributed by atoms with Gasteiger partial charge in [0.2, 0.25) is 5.92 Å². The summed E-state index contributed by atoms with van der Waals surface area (Å²) in [4.78, 5) is 80.1. The van der Waals surface area contributed by atoms with Gasteiger partial charge in [-0.3, -0.25) is 38.5 Å². The van der Waals surface area contributed by atoms with Crippen molar-refractivity contribution in [2.45, 2.75) is 147 Å². The molecule has 5 atom stereocenters. The Morgan fingerprint density at radius 3 is 1.95 bits per heavy atom. The first-order chi connectivity index (χ1) is 45.2. The van der Waals surface area contributed by atoms with Gasteiger partial charge in [-0.1, -0.05) is 41.8 Å². The van der Waals surface area contributed by atoms with Gasteiger partial charge in [0.15, 0.2) is 0 Å². The summed E-state index contributed by atoms with van der Waals surface area (Å²) >= 11 is 15.8. The van der Waals surface area contributed by atoms with E-state index in [0.29, 0.717) is 156 Å². The van der Waals surface area contributed by atoms with Gasteiger partial charge in [-0.25, -0.2) is 32.7 Å². The predicted octanol–water partition coefficient (Wildman–Crippen LogP) is 14.3. The number of nitrogens with zero attached hydrogens (tertiary/aromatic N) is 8. The molecule has 0 radical (unpaired) electrons. The minimum absolute atomic E-state index is 0.00186. The Hall–Kier alpha value is -7.53. The molecule has 2 N–H and O–H groups in total. The zero-order chi connectivity index (χ0) is 65.5. The molecule has 1 saturated carbocycles. The van der Waals surface area contributed by atoms with Gasteiger partial charge in [0.1, 0.15) is 42.2 Å². The van der Waals surface area contributed by atoms with Crippen molar-refractivity contribution in [1.29, 1.82) is 0 Å². The highest BCUT2D eigenvalue weighted by Crippen LogP contribution is 2.61. The number of rotatable bonds is 17. The van der Waals surface area contributed by atoms with E-state index in [0.717, 1.165) is 43.5 Å². The molecule has 94 heavy (non-hydrogen) atoms. The normalized spacial score (nSPS) is 21.3. The van der Waals surface area contributed by atoms with E-state index in [9.17, 15) is 24.2 Å². The Morgan fingerprint density at radius 2 is 1.31 bits per heavy atom. The topological polar surface area (TPSA) is 195 Å². The number of ether oxygens (including phenoxy) is 2. The summed E-state index contributed by atoms with van der Waals surface area (Å²) in [6.45, 7) is 7.19. The standard InChI is InChI=1S/C71H69Cl2F3N8O8S2/c1-38-26-50(63-61(77-38)54(36-93-63)68(87)88)48-30-43(72)11-15-58(48)91-24-22-82-40(3)79-65-53(67(82)86)33-47(81-19-7-17-71(75,76)18-21-81)35-70(65)34-42(70)29-60-80-56-14-13-46(83-20-5-4-10-57(83)41-8-6-9-45(74)28-41)32-52(56)66(85)84(60)23-25-92-59-16-12-44(73)31-49(59)51-27-39(2)78-62-55(69(89)90)37-94-64(51)62/h6,8-9,11-12,15-16,26-28,30-31,36-37,42,46-47,57H,4-5,7,10,13-14,17-25,29,32-35H2,1-3H3,(H,87,88)(H,89,90)/t42?,46-,47+,57+,70?/m0/s1. The Balaban J connectivity index is 0.795. The van der Waals surface area contributed by atoms with Crippen LogP contribution in [-0.4, -0.2) is 112 Å². The summed E-state index contributed by atoms with van der Waals surface area (Å²) in [6.07, 6.45) is 6.37. The van der Waals surface area contributed by atoms with Crippen molar-refractivity contribution in [1.82, 2.24) is 38.9 Å². The van der Waals surface area contributed by atoms with Gasteiger partial charge in [-0.15, -0.1) is 22.7 Å². The van der Waals surface area contributed by atoms with E-state index in [1.165, 1.54) is 28.7 Å². The van der Waals surface area contributed by atoms with Crippen LogP contribution in [0.1, 0.15) is 136 Å². The lowest BCUT2D eigenvalue weighted by Gasteiger charge is -2.43. The molecular formula is C71H69Cl2F3N8O8S2. The number of fused-ring (bicyclic) bond motifs is 5. The zero-order valence-corrected chi connectivity index (χ0v) is 55.3. The smallest absolute Gasteiger partial charge is 0.338 e. The molecule has 5 aliphatic rings. The Kier molecular flexibility index (Phi) is 17.4. The van der Waals surface area contributed by atoms with Crippen LogP contribution in [-0.2, 0) is 44.2 Å². The third-order valence-electron chi connectivity index (χ3n) is 20.1. The predicted molar refractivity (Wildman–Crippen MR) is 358 cm³/mol. The first-order valence-electron chi connectivity index (χ1n) is 32.2. The summed E-state index contributed by atoms with van der Waals surface area (Å²) in [7, 11) is 0. The third-order valence-corrected chi connectivity index (χ3v) is 22.6. The number of carboxylic acids is 2. The van der Waals surface area contributed by atoms with Crippen molar-refractivity contribution in [3.05, 3.63) is 182 Å². The van der Waals surface area contributed by atoms with Crippen LogP contribution in [0.3, 0.4) is 0 Å². The lowest BCUT2D eigenvalue weighted by Crippen LogP contribution is -2.47. The van der Waals surface area contributed by atoms with Crippen LogP contribution < -0.4 is 20.6 Å². The molecule has 9 aromatic rings. The monoisotopic (exact) mass is 1350 g/mol. The molecule has 2 unspecified atom stereocenters. The number of hydrogen-bond donors (Lipinski definition) is 2. The summed E-state index contributed by atoms with van der Waals surface area (Å²) in [6, 6.07) is 20.9. The van der Waals surface area contributed by atoms with Crippen LogP contribution in [0.25, 0.3) is 42.7 Å². The fourth-order valence-electron chi connectivity index (χ4n) is 15.5. The summed E-state index contributed by atoms with van der Waals surface area (Å²) < 4.78 is 63.0. The molecule has 2 saturated heterocycles. The maximum absolute atomic E-state index is 15.7. The van der Waals surface area contributed by atoms with Gasteiger partial charge in [-0.05, 0) is 164 Å². The number of aromatic nitrogens is 6. The van der Waals surface area contributed by atoms with E-state index < -0.39 is 23.3 Å². The van der Waals surface area contributed by atoms with Gasteiger partial charge >= 0.3 is 11.9 Å². The van der Waals surface area contributed by atoms with E-state index in [1.54, 1.807) is 82.3 Å². The number of thiophene rings is 2. The first kappa shape index (κ1) is 63.8. The molecule has 14 rings (SSSR count). The number of benzene rings is 3. The largest absolute Gasteiger partial charge is 0.491 e. The van der Waals surface area contributed by atoms with Crippen molar-refractivity contribution in [2.75, 3.05) is 32.8 Å². The number of piperidine rings is 1. The number of carbonyl (C=O) groups is 2. The number of carboxylic acid groups (broad SMARTS) is 2. The number of alkyl halides is 2. The zero-order valence-electron chi connectivity index (χ0n) is 52.2. The molecule has 3 aromatic carbocycles. The van der Waals surface area contributed by atoms with Crippen LogP contribution in [0.4, 0.5) is 13.2 Å². The second-order valence-corrected chi connectivity index (χ2v) is 28.6. The minimum atomic E-state index is -2.80. The molecule has 6 aromatic heterocycles. The third kappa shape index (κ3) is 12.2. The van der Waals surface area contributed by atoms with Crippen LogP contribution >= 0.6 is 45.9 Å². The van der Waals surface area contributed by atoms with Crippen molar-refractivity contribution in [3.8, 4) is 33.8 Å². The highest BCUT2D eigenvalue weighted by atomic mass is 35.5. The van der Waals surface area contributed by atoms with Crippen LogP contribution in [0.15, 0.2) is 93.1 Å². The van der Waals surface area contributed by atoms with E-state index in [2.05, 4.69) is 19.8 Å². The van der Waals surface area contributed by atoms with Gasteiger partial charge < -0.3 is 19.7 Å². The Morgan fingerprint density at radius 1 is 0.681 bits per heavy atom. The quantitative estimate of drug-likeness (QED) is 0.0874. The molecule has 3 fully saturated rings. The molecule has 8 heterocycles. The molecule has 0 bridgehead atoms. The minimum Gasteiger partial charge on any atom is -0.491 e. The number of halogens is 5. The number of aromatic carboxylic acids is 2. The molecule has 23 heteroatoms. The molecule has 16 nitrogen and oxygen atoms in total. The SMILES string of the molecule is Cc1cc(-c2cc(Cl)ccc2OCCn2c(C)nc3c(c2=O)C[C@@H](N2CCCC(F)(F)CC2)CC32CC2Cc2nc3c(c(=O)n2CCOc2ccc(Cl)cc2-c2cc(C)nc4c(C(=O)O)csc24)C[C@@H](N2CCCC[C@@H]2c2cccc(F)c2)CC3)c2scc(C(=O)O)c2n1. The molecule has 1 spiro atoms. The van der Waals surface area contributed by atoms with Crippen LogP contribution in [0, 0.1) is 32.5 Å².